The summed E-state index contributed by atoms with van der Waals surface area (Å²) in [4.78, 5) is 11.3. The second kappa shape index (κ2) is 8.02. The number of hydrogen-bond acceptors (Lipinski definition) is 4. The number of thioether (sulfide) groups is 1. The molecule has 4 nitrogen and oxygen atoms in total. The number of ether oxygens (including phenoxy) is 1. The zero-order valence-electron chi connectivity index (χ0n) is 11.4. The maximum Gasteiger partial charge on any atom is 0.323 e. The van der Waals surface area contributed by atoms with Gasteiger partial charge in [-0.15, -0.1) is 0 Å². The van der Waals surface area contributed by atoms with Crippen LogP contribution in [0.3, 0.4) is 0 Å². The van der Waals surface area contributed by atoms with Gasteiger partial charge in [-0.3, -0.25) is 10.1 Å². The van der Waals surface area contributed by atoms with Gasteiger partial charge < -0.3 is 9.84 Å². The largest absolute Gasteiger partial charge is 0.480 e. The average Bonchev–Trinajstić information content (AvgIpc) is 3.11. The molecular weight excluding hydrogens is 250 g/mol. The molecule has 0 heterocycles. The normalized spacial score (nSPS) is 18.6. The van der Waals surface area contributed by atoms with Gasteiger partial charge in [-0.25, -0.2) is 0 Å². The fraction of sp³-hybridized carbons (Fsp3) is 0.923. The summed E-state index contributed by atoms with van der Waals surface area (Å²) in [7, 11) is 1.71. The van der Waals surface area contributed by atoms with Crippen LogP contribution in [0.15, 0.2) is 0 Å². The number of hydrogen-bond donors (Lipinski definition) is 2. The van der Waals surface area contributed by atoms with E-state index in [1.54, 1.807) is 7.11 Å². The SMILES string of the molecule is COCCSCCCCC(C)(NC1CC1)C(=O)O. The minimum absolute atomic E-state index is 0.433. The zero-order chi connectivity index (χ0) is 13.4. The number of methoxy groups -OCH3 is 1. The molecule has 0 spiro atoms. The zero-order valence-corrected chi connectivity index (χ0v) is 12.2. The molecule has 18 heavy (non-hydrogen) atoms. The van der Waals surface area contributed by atoms with Crippen molar-refractivity contribution in [2.45, 2.75) is 50.6 Å². The van der Waals surface area contributed by atoms with E-state index >= 15 is 0 Å². The van der Waals surface area contributed by atoms with Crippen LogP contribution in [0.4, 0.5) is 0 Å². The number of carboxylic acids is 1. The Kier molecular flexibility index (Phi) is 7.04. The Balaban J connectivity index is 2.11. The molecule has 1 fully saturated rings. The molecule has 0 aliphatic heterocycles. The van der Waals surface area contributed by atoms with E-state index < -0.39 is 11.5 Å². The summed E-state index contributed by atoms with van der Waals surface area (Å²) >= 11 is 1.87. The van der Waals surface area contributed by atoms with Gasteiger partial charge in [0.25, 0.3) is 0 Å². The Bertz CT molecular complexity index is 259. The first kappa shape index (κ1) is 15.8. The van der Waals surface area contributed by atoms with Gasteiger partial charge in [0.2, 0.25) is 0 Å². The summed E-state index contributed by atoms with van der Waals surface area (Å²) < 4.78 is 4.98. The summed E-state index contributed by atoms with van der Waals surface area (Å²) in [5.41, 5.74) is -0.738. The lowest BCUT2D eigenvalue weighted by molar-refractivity contribution is -0.144. The van der Waals surface area contributed by atoms with Gasteiger partial charge in [-0.2, -0.15) is 11.8 Å². The van der Waals surface area contributed by atoms with Crippen molar-refractivity contribution in [3.63, 3.8) is 0 Å². The van der Waals surface area contributed by atoms with E-state index in [1.807, 2.05) is 18.7 Å². The molecule has 1 aliphatic carbocycles. The monoisotopic (exact) mass is 275 g/mol. The van der Waals surface area contributed by atoms with E-state index in [2.05, 4.69) is 5.32 Å². The van der Waals surface area contributed by atoms with Crippen molar-refractivity contribution in [2.75, 3.05) is 25.2 Å². The predicted molar refractivity (Wildman–Crippen MR) is 75.3 cm³/mol. The lowest BCUT2D eigenvalue weighted by atomic mass is 9.95. The highest BCUT2D eigenvalue weighted by atomic mass is 32.2. The number of carboxylic acid groups (broad SMARTS) is 1. The van der Waals surface area contributed by atoms with Crippen molar-refractivity contribution in [1.82, 2.24) is 5.32 Å². The molecule has 5 heteroatoms. The first-order valence-electron chi connectivity index (χ1n) is 6.66. The summed E-state index contributed by atoms with van der Waals surface area (Å²) in [5, 5.41) is 12.5. The van der Waals surface area contributed by atoms with E-state index in [4.69, 9.17) is 4.74 Å². The van der Waals surface area contributed by atoms with Gasteiger partial charge in [0.1, 0.15) is 5.54 Å². The van der Waals surface area contributed by atoms with Crippen LogP contribution in [0.2, 0.25) is 0 Å². The third-order valence-electron chi connectivity index (χ3n) is 3.22. The second-order valence-electron chi connectivity index (χ2n) is 5.12. The van der Waals surface area contributed by atoms with Crippen molar-refractivity contribution >= 4 is 17.7 Å². The number of nitrogens with one attached hydrogen (secondary N) is 1. The van der Waals surface area contributed by atoms with E-state index in [0.717, 1.165) is 43.8 Å². The van der Waals surface area contributed by atoms with Gasteiger partial charge in [-0.1, -0.05) is 6.42 Å². The summed E-state index contributed by atoms with van der Waals surface area (Å²) in [6.45, 7) is 2.60. The molecule has 0 saturated heterocycles. The number of aliphatic carboxylic acids is 1. The minimum atomic E-state index is -0.738. The Morgan fingerprint density at radius 3 is 2.72 bits per heavy atom. The maximum atomic E-state index is 11.3. The van der Waals surface area contributed by atoms with Crippen molar-refractivity contribution in [3.8, 4) is 0 Å². The molecule has 0 bridgehead atoms. The highest BCUT2D eigenvalue weighted by Crippen LogP contribution is 2.25. The molecular formula is C13H25NO3S. The fourth-order valence-electron chi connectivity index (χ4n) is 1.85. The van der Waals surface area contributed by atoms with Gasteiger partial charge in [0, 0.05) is 18.9 Å². The molecule has 2 N–H and O–H groups in total. The standard InChI is InChI=1S/C13H25NO3S/c1-13(12(15)16,14-11-5-6-11)7-3-4-9-18-10-8-17-2/h11,14H,3-10H2,1-2H3,(H,15,16). The summed E-state index contributed by atoms with van der Waals surface area (Å²) in [6.07, 6.45) is 4.99. The Labute approximate surface area is 114 Å². The molecule has 0 aromatic rings. The van der Waals surface area contributed by atoms with Gasteiger partial charge in [0.05, 0.1) is 6.61 Å². The minimum Gasteiger partial charge on any atom is -0.480 e. The van der Waals surface area contributed by atoms with Crippen LogP contribution < -0.4 is 5.32 Å². The molecule has 106 valence electrons. The topological polar surface area (TPSA) is 58.6 Å². The molecule has 1 unspecified atom stereocenters. The van der Waals surface area contributed by atoms with Crippen molar-refractivity contribution in [1.29, 1.82) is 0 Å². The molecule has 0 amide bonds. The average molecular weight is 275 g/mol. The maximum absolute atomic E-state index is 11.3. The van der Waals surface area contributed by atoms with E-state index in [9.17, 15) is 9.90 Å². The lowest BCUT2D eigenvalue weighted by Crippen LogP contribution is -2.50. The third kappa shape index (κ3) is 6.07. The Morgan fingerprint density at radius 1 is 1.44 bits per heavy atom. The molecule has 0 aromatic carbocycles. The van der Waals surface area contributed by atoms with Gasteiger partial charge >= 0.3 is 5.97 Å². The van der Waals surface area contributed by atoms with Crippen molar-refractivity contribution < 1.29 is 14.6 Å². The molecule has 0 radical (unpaired) electrons. The van der Waals surface area contributed by atoms with E-state index in [0.29, 0.717) is 12.5 Å². The Hall–Kier alpha value is -0.260. The molecule has 1 saturated carbocycles. The van der Waals surface area contributed by atoms with Crippen LogP contribution in [-0.2, 0) is 9.53 Å². The molecule has 1 aliphatic rings. The predicted octanol–water partition coefficient (Wildman–Crippen LogP) is 2.13. The van der Waals surface area contributed by atoms with Crippen LogP contribution in [0, 0.1) is 0 Å². The van der Waals surface area contributed by atoms with Crippen LogP contribution in [0.1, 0.15) is 39.0 Å². The molecule has 1 rings (SSSR count). The quantitative estimate of drug-likeness (QED) is 0.566. The molecule has 0 aromatic heterocycles. The lowest BCUT2D eigenvalue weighted by Gasteiger charge is -2.26. The second-order valence-corrected chi connectivity index (χ2v) is 6.34. The highest BCUT2D eigenvalue weighted by Gasteiger charge is 2.37. The smallest absolute Gasteiger partial charge is 0.323 e. The van der Waals surface area contributed by atoms with Crippen LogP contribution in [-0.4, -0.2) is 47.9 Å². The van der Waals surface area contributed by atoms with Crippen LogP contribution in [0.25, 0.3) is 0 Å². The third-order valence-corrected chi connectivity index (χ3v) is 4.25. The van der Waals surface area contributed by atoms with Crippen molar-refractivity contribution in [3.05, 3.63) is 0 Å². The number of unbranched alkanes of at least 4 members (excludes halogenated alkanes) is 1. The van der Waals surface area contributed by atoms with Gasteiger partial charge in [-0.05, 0) is 38.4 Å². The van der Waals surface area contributed by atoms with E-state index in [-0.39, 0.29) is 0 Å². The van der Waals surface area contributed by atoms with Crippen LogP contribution >= 0.6 is 11.8 Å². The highest BCUT2D eigenvalue weighted by molar-refractivity contribution is 7.99. The van der Waals surface area contributed by atoms with Crippen molar-refractivity contribution in [2.24, 2.45) is 0 Å². The van der Waals surface area contributed by atoms with Gasteiger partial charge in [0.15, 0.2) is 0 Å². The summed E-state index contributed by atoms with van der Waals surface area (Å²) in [6, 6.07) is 0.433. The fourth-order valence-corrected chi connectivity index (χ4v) is 2.74. The number of carbonyl (C=O) groups is 1. The molecule has 1 atom stereocenters. The number of rotatable bonds is 11. The first-order valence-corrected chi connectivity index (χ1v) is 7.82. The van der Waals surface area contributed by atoms with E-state index in [1.165, 1.54) is 0 Å². The summed E-state index contributed by atoms with van der Waals surface area (Å²) in [5.74, 6) is 1.39. The first-order chi connectivity index (χ1) is 8.58. The van der Waals surface area contributed by atoms with Crippen LogP contribution in [0.5, 0.6) is 0 Å². The Morgan fingerprint density at radius 2 is 2.17 bits per heavy atom.